The lowest BCUT2D eigenvalue weighted by atomic mass is 9.84. The molecule has 0 aliphatic carbocycles. The van der Waals surface area contributed by atoms with Crippen molar-refractivity contribution in [2.24, 2.45) is 0 Å². The number of carbonyl (C=O) groups is 1. The zero-order valence-electron chi connectivity index (χ0n) is 12.4. The van der Waals surface area contributed by atoms with Crippen LogP contribution in [0.1, 0.15) is 29.1 Å². The first-order valence-electron chi connectivity index (χ1n) is 7.06. The van der Waals surface area contributed by atoms with E-state index in [4.69, 9.17) is 11.6 Å². The Kier molecular flexibility index (Phi) is 3.98. The molecule has 1 amide bonds. The molecule has 0 atom stereocenters. The summed E-state index contributed by atoms with van der Waals surface area (Å²) in [7, 11) is 0. The maximum atomic E-state index is 12.1. The van der Waals surface area contributed by atoms with E-state index >= 15 is 0 Å². The van der Waals surface area contributed by atoms with Gasteiger partial charge in [0.1, 0.15) is 0 Å². The van der Waals surface area contributed by atoms with Gasteiger partial charge >= 0.3 is 0 Å². The molecular formula is C17H17ClN2OS. The summed E-state index contributed by atoms with van der Waals surface area (Å²) in [5, 5.41) is 6.74. The first kappa shape index (κ1) is 15.1. The number of hydrogen-bond donors (Lipinski definition) is 2. The smallest absolute Gasteiger partial charge is 0.261 e. The SMILES string of the molecule is CC(C)(CNC(=O)c1cccs1)c1c[nH]c2ccc(Cl)cc12. The Morgan fingerprint density at radius 3 is 2.91 bits per heavy atom. The molecule has 0 aliphatic rings. The third-order valence-corrected chi connectivity index (χ3v) is 4.91. The molecule has 2 aromatic heterocycles. The monoisotopic (exact) mass is 332 g/mol. The molecule has 3 aromatic rings. The molecule has 0 radical (unpaired) electrons. The molecule has 5 heteroatoms. The standard InChI is InChI=1S/C17H17ClN2OS/c1-17(2,10-20-16(21)15-4-3-7-22-15)13-9-19-14-6-5-11(18)8-12(13)14/h3-9,19H,10H2,1-2H3,(H,20,21). The number of nitrogens with one attached hydrogen (secondary N) is 2. The van der Waals surface area contributed by atoms with Gasteiger partial charge in [0.05, 0.1) is 4.88 Å². The Balaban J connectivity index is 1.82. The first-order chi connectivity index (χ1) is 10.5. The second kappa shape index (κ2) is 5.78. The van der Waals surface area contributed by atoms with Crippen molar-refractivity contribution in [2.45, 2.75) is 19.3 Å². The summed E-state index contributed by atoms with van der Waals surface area (Å²) in [5.74, 6) is -0.0269. The van der Waals surface area contributed by atoms with Crippen LogP contribution >= 0.6 is 22.9 Å². The summed E-state index contributed by atoms with van der Waals surface area (Å²) in [6.07, 6.45) is 2.00. The number of thiophene rings is 1. The van der Waals surface area contributed by atoms with Gasteiger partial charge in [0.15, 0.2) is 0 Å². The molecule has 0 aliphatic heterocycles. The molecule has 3 nitrogen and oxygen atoms in total. The summed E-state index contributed by atoms with van der Waals surface area (Å²) in [6.45, 7) is 4.79. The minimum atomic E-state index is -0.199. The lowest BCUT2D eigenvalue weighted by Crippen LogP contribution is -2.36. The molecule has 22 heavy (non-hydrogen) atoms. The highest BCUT2D eigenvalue weighted by Crippen LogP contribution is 2.31. The summed E-state index contributed by atoms with van der Waals surface area (Å²) in [4.78, 5) is 16.1. The lowest BCUT2D eigenvalue weighted by Gasteiger charge is -2.24. The number of amides is 1. The largest absolute Gasteiger partial charge is 0.361 e. The lowest BCUT2D eigenvalue weighted by molar-refractivity contribution is 0.0950. The fourth-order valence-electron chi connectivity index (χ4n) is 2.54. The molecule has 1 aromatic carbocycles. The van der Waals surface area contributed by atoms with Gasteiger partial charge in [0.25, 0.3) is 5.91 Å². The average Bonchev–Trinajstić information content (AvgIpc) is 3.13. The van der Waals surface area contributed by atoms with E-state index in [2.05, 4.69) is 24.1 Å². The number of benzene rings is 1. The maximum absolute atomic E-state index is 12.1. The van der Waals surface area contributed by atoms with Crippen molar-refractivity contribution in [3.05, 3.63) is 57.4 Å². The number of H-pyrrole nitrogens is 1. The second-order valence-corrected chi connectivity index (χ2v) is 7.32. The second-order valence-electron chi connectivity index (χ2n) is 5.94. The first-order valence-corrected chi connectivity index (χ1v) is 8.32. The highest BCUT2D eigenvalue weighted by atomic mass is 35.5. The topological polar surface area (TPSA) is 44.9 Å². The molecule has 0 saturated carbocycles. The zero-order valence-corrected chi connectivity index (χ0v) is 14.0. The van der Waals surface area contributed by atoms with Crippen LogP contribution in [0, 0.1) is 0 Å². The van der Waals surface area contributed by atoms with Crippen molar-refractivity contribution in [1.29, 1.82) is 0 Å². The summed E-state index contributed by atoms with van der Waals surface area (Å²) in [6, 6.07) is 9.52. The number of rotatable bonds is 4. The Bertz CT molecular complexity index is 805. The summed E-state index contributed by atoms with van der Waals surface area (Å²) < 4.78 is 0. The van der Waals surface area contributed by atoms with E-state index in [1.807, 2.05) is 41.9 Å². The third kappa shape index (κ3) is 2.89. The molecule has 2 N–H and O–H groups in total. The molecular weight excluding hydrogens is 316 g/mol. The quantitative estimate of drug-likeness (QED) is 0.721. The van der Waals surface area contributed by atoms with Crippen LogP contribution in [0.25, 0.3) is 10.9 Å². The van der Waals surface area contributed by atoms with E-state index in [1.165, 1.54) is 11.3 Å². The van der Waals surface area contributed by atoms with Gasteiger partial charge in [-0.05, 0) is 35.2 Å². The molecule has 3 rings (SSSR count). The van der Waals surface area contributed by atoms with Crippen molar-refractivity contribution in [3.63, 3.8) is 0 Å². The zero-order chi connectivity index (χ0) is 15.7. The number of halogens is 1. The van der Waals surface area contributed by atoms with Gasteiger partial charge in [-0.1, -0.05) is 31.5 Å². The predicted molar refractivity (Wildman–Crippen MR) is 93.0 cm³/mol. The average molecular weight is 333 g/mol. The Labute approximate surface area is 138 Å². The van der Waals surface area contributed by atoms with Crippen molar-refractivity contribution in [3.8, 4) is 0 Å². The highest BCUT2D eigenvalue weighted by molar-refractivity contribution is 7.12. The van der Waals surface area contributed by atoms with E-state index in [9.17, 15) is 4.79 Å². The number of hydrogen-bond acceptors (Lipinski definition) is 2. The fraction of sp³-hybridized carbons (Fsp3) is 0.235. The van der Waals surface area contributed by atoms with E-state index < -0.39 is 0 Å². The van der Waals surface area contributed by atoms with E-state index in [0.29, 0.717) is 11.6 Å². The number of carbonyl (C=O) groups excluding carboxylic acids is 1. The molecule has 0 spiro atoms. The Morgan fingerprint density at radius 2 is 2.18 bits per heavy atom. The molecule has 0 fully saturated rings. The van der Waals surface area contributed by atoms with Crippen LogP contribution < -0.4 is 5.32 Å². The van der Waals surface area contributed by atoms with Gasteiger partial charge in [-0.2, -0.15) is 0 Å². The van der Waals surface area contributed by atoms with Gasteiger partial charge in [0.2, 0.25) is 0 Å². The van der Waals surface area contributed by atoms with Crippen LogP contribution in [-0.2, 0) is 5.41 Å². The van der Waals surface area contributed by atoms with Crippen LogP contribution in [0.4, 0.5) is 0 Å². The van der Waals surface area contributed by atoms with Gasteiger partial charge in [0, 0.05) is 34.1 Å². The molecule has 0 unspecified atom stereocenters. The normalized spacial score (nSPS) is 11.8. The van der Waals surface area contributed by atoms with Crippen LogP contribution in [0.2, 0.25) is 5.02 Å². The summed E-state index contributed by atoms with van der Waals surface area (Å²) >= 11 is 7.56. The molecule has 114 valence electrons. The molecule has 0 bridgehead atoms. The fourth-order valence-corrected chi connectivity index (χ4v) is 3.36. The number of fused-ring (bicyclic) bond motifs is 1. The van der Waals surface area contributed by atoms with Crippen molar-refractivity contribution in [2.75, 3.05) is 6.54 Å². The number of aromatic amines is 1. The van der Waals surface area contributed by atoms with Crippen molar-refractivity contribution < 1.29 is 4.79 Å². The van der Waals surface area contributed by atoms with Gasteiger partial charge < -0.3 is 10.3 Å². The van der Waals surface area contributed by atoms with Crippen LogP contribution in [0.3, 0.4) is 0 Å². The van der Waals surface area contributed by atoms with Crippen LogP contribution in [0.15, 0.2) is 41.9 Å². The highest BCUT2D eigenvalue weighted by Gasteiger charge is 2.25. The molecule has 0 saturated heterocycles. The van der Waals surface area contributed by atoms with E-state index in [0.717, 1.165) is 21.3 Å². The predicted octanol–water partition coefficient (Wildman–Crippen LogP) is 4.59. The van der Waals surface area contributed by atoms with E-state index in [-0.39, 0.29) is 11.3 Å². The van der Waals surface area contributed by atoms with Gasteiger partial charge in [-0.3, -0.25) is 4.79 Å². The minimum absolute atomic E-state index is 0.0269. The van der Waals surface area contributed by atoms with Crippen molar-refractivity contribution in [1.82, 2.24) is 10.3 Å². The maximum Gasteiger partial charge on any atom is 0.261 e. The van der Waals surface area contributed by atoms with Crippen LogP contribution in [0.5, 0.6) is 0 Å². The number of aromatic nitrogens is 1. The van der Waals surface area contributed by atoms with E-state index in [1.54, 1.807) is 0 Å². The third-order valence-electron chi connectivity index (χ3n) is 3.81. The van der Waals surface area contributed by atoms with Gasteiger partial charge in [-0.15, -0.1) is 11.3 Å². The Morgan fingerprint density at radius 1 is 1.36 bits per heavy atom. The molecule has 2 heterocycles. The van der Waals surface area contributed by atoms with Crippen LogP contribution in [-0.4, -0.2) is 17.4 Å². The Hall–Kier alpha value is -1.78. The minimum Gasteiger partial charge on any atom is -0.361 e. The van der Waals surface area contributed by atoms with Crippen molar-refractivity contribution >= 4 is 39.7 Å². The summed E-state index contributed by atoms with van der Waals surface area (Å²) in [5.41, 5.74) is 2.00. The van der Waals surface area contributed by atoms with Gasteiger partial charge in [-0.25, -0.2) is 0 Å².